The second kappa shape index (κ2) is 6.75. The molecule has 4 nitrogen and oxygen atoms in total. The Labute approximate surface area is 120 Å². The third kappa shape index (κ3) is 3.73. The molecule has 1 fully saturated rings. The van der Waals surface area contributed by atoms with Gasteiger partial charge in [0.15, 0.2) is 5.78 Å². The number of piperidine rings is 1. The van der Waals surface area contributed by atoms with Crippen LogP contribution in [0.15, 0.2) is 18.2 Å². The molecule has 0 aliphatic carbocycles. The summed E-state index contributed by atoms with van der Waals surface area (Å²) in [7, 11) is 1.57. The van der Waals surface area contributed by atoms with Crippen LogP contribution in [0.2, 0.25) is 0 Å². The number of likely N-dealkylation sites (tertiary alicyclic amines) is 1. The van der Waals surface area contributed by atoms with Crippen LogP contribution in [0.25, 0.3) is 0 Å². The second-order valence-corrected chi connectivity index (χ2v) is 5.65. The summed E-state index contributed by atoms with van der Waals surface area (Å²) in [5.74, 6) is 1.59. The summed E-state index contributed by atoms with van der Waals surface area (Å²) in [5.41, 5.74) is 7.03. The fourth-order valence-electron chi connectivity index (χ4n) is 2.60. The molecule has 1 aromatic rings. The third-order valence-corrected chi connectivity index (χ3v) is 4.08. The molecule has 2 rings (SSSR count). The number of methoxy groups -OCH3 is 1. The average molecular weight is 276 g/mol. The number of benzene rings is 1. The van der Waals surface area contributed by atoms with Gasteiger partial charge in [-0.25, -0.2) is 0 Å². The number of Topliss-reactive ketones (excluding diaryl/α,β-unsaturated/α-hetero) is 1. The summed E-state index contributed by atoms with van der Waals surface area (Å²) in [6.45, 7) is 5.36. The molecule has 1 saturated heterocycles. The Kier molecular flexibility index (Phi) is 5.01. The Bertz CT molecular complexity index is 466. The molecule has 1 heterocycles. The molecule has 1 aliphatic rings. The number of ketones is 1. The van der Waals surface area contributed by atoms with Gasteiger partial charge in [0.25, 0.3) is 0 Å². The molecule has 110 valence electrons. The van der Waals surface area contributed by atoms with E-state index in [1.54, 1.807) is 25.3 Å². The van der Waals surface area contributed by atoms with Crippen molar-refractivity contribution in [2.45, 2.75) is 26.2 Å². The molecule has 2 N–H and O–H groups in total. The first kappa shape index (κ1) is 14.9. The van der Waals surface area contributed by atoms with Crippen molar-refractivity contribution >= 4 is 11.5 Å². The molecule has 0 saturated carbocycles. The van der Waals surface area contributed by atoms with Gasteiger partial charge in [0.2, 0.25) is 0 Å². The zero-order valence-corrected chi connectivity index (χ0v) is 12.4. The molecule has 0 radical (unpaired) electrons. The summed E-state index contributed by atoms with van der Waals surface area (Å²) >= 11 is 0. The highest BCUT2D eigenvalue weighted by molar-refractivity contribution is 5.97. The number of nitrogens with zero attached hydrogens (tertiary/aromatic N) is 1. The van der Waals surface area contributed by atoms with Gasteiger partial charge >= 0.3 is 0 Å². The summed E-state index contributed by atoms with van der Waals surface area (Å²) in [4.78, 5) is 14.6. The van der Waals surface area contributed by atoms with E-state index in [0.717, 1.165) is 25.6 Å². The van der Waals surface area contributed by atoms with Crippen molar-refractivity contribution in [2.24, 2.45) is 5.92 Å². The molecule has 1 aliphatic heterocycles. The summed E-state index contributed by atoms with van der Waals surface area (Å²) in [6.07, 6.45) is 3.04. The molecule has 0 aromatic heterocycles. The molecular formula is C16H24N2O2. The van der Waals surface area contributed by atoms with E-state index < -0.39 is 0 Å². The minimum Gasteiger partial charge on any atom is -0.495 e. The van der Waals surface area contributed by atoms with Gasteiger partial charge in [0.1, 0.15) is 5.75 Å². The molecular weight excluding hydrogens is 252 g/mol. The molecule has 0 spiro atoms. The van der Waals surface area contributed by atoms with E-state index in [0.29, 0.717) is 23.4 Å². The maximum atomic E-state index is 12.2. The van der Waals surface area contributed by atoms with Crippen LogP contribution in [-0.2, 0) is 0 Å². The summed E-state index contributed by atoms with van der Waals surface area (Å²) in [6, 6.07) is 5.25. The SMILES string of the molecule is COc1ccc(C(=O)CCN2CCC(C)CC2)cc1N. The van der Waals surface area contributed by atoms with Crippen molar-refractivity contribution in [1.82, 2.24) is 4.90 Å². The van der Waals surface area contributed by atoms with Crippen molar-refractivity contribution in [3.8, 4) is 5.75 Å². The van der Waals surface area contributed by atoms with Crippen molar-refractivity contribution in [1.29, 1.82) is 0 Å². The van der Waals surface area contributed by atoms with Crippen LogP contribution in [0.1, 0.15) is 36.5 Å². The Morgan fingerprint density at radius 2 is 2.10 bits per heavy atom. The predicted octanol–water partition coefficient (Wildman–Crippen LogP) is 2.58. The van der Waals surface area contributed by atoms with Crippen LogP contribution in [0, 0.1) is 5.92 Å². The number of hydrogen-bond acceptors (Lipinski definition) is 4. The summed E-state index contributed by atoms with van der Waals surface area (Å²) < 4.78 is 5.10. The van der Waals surface area contributed by atoms with Crippen molar-refractivity contribution in [3.63, 3.8) is 0 Å². The number of rotatable bonds is 5. The standard InChI is InChI=1S/C16H24N2O2/c1-12-5-8-18(9-6-12)10-7-15(19)13-3-4-16(20-2)14(17)11-13/h3-4,11-12H,5-10,17H2,1-2H3. The van der Waals surface area contributed by atoms with Crippen LogP contribution in [0.3, 0.4) is 0 Å². The predicted molar refractivity (Wildman–Crippen MR) is 81.2 cm³/mol. The highest BCUT2D eigenvalue weighted by Crippen LogP contribution is 2.23. The van der Waals surface area contributed by atoms with Crippen LogP contribution in [0.5, 0.6) is 5.75 Å². The molecule has 0 unspecified atom stereocenters. The van der Waals surface area contributed by atoms with Gasteiger partial charge in [-0.1, -0.05) is 6.92 Å². The number of nitrogens with two attached hydrogens (primary N) is 1. The minimum absolute atomic E-state index is 0.151. The Balaban J connectivity index is 1.87. The Morgan fingerprint density at radius 1 is 1.40 bits per heavy atom. The summed E-state index contributed by atoms with van der Waals surface area (Å²) in [5, 5.41) is 0. The van der Waals surface area contributed by atoms with E-state index in [2.05, 4.69) is 11.8 Å². The van der Waals surface area contributed by atoms with Crippen molar-refractivity contribution < 1.29 is 9.53 Å². The van der Waals surface area contributed by atoms with Crippen LogP contribution in [-0.4, -0.2) is 37.4 Å². The lowest BCUT2D eigenvalue weighted by Gasteiger charge is -2.29. The van der Waals surface area contributed by atoms with E-state index in [1.165, 1.54) is 12.8 Å². The van der Waals surface area contributed by atoms with Gasteiger partial charge in [-0.3, -0.25) is 4.79 Å². The van der Waals surface area contributed by atoms with Gasteiger partial charge in [-0.15, -0.1) is 0 Å². The van der Waals surface area contributed by atoms with E-state index in [4.69, 9.17) is 10.5 Å². The van der Waals surface area contributed by atoms with E-state index in [1.807, 2.05) is 0 Å². The zero-order valence-electron chi connectivity index (χ0n) is 12.4. The van der Waals surface area contributed by atoms with Crippen LogP contribution < -0.4 is 10.5 Å². The molecule has 0 amide bonds. The first-order valence-electron chi connectivity index (χ1n) is 7.29. The second-order valence-electron chi connectivity index (χ2n) is 5.65. The minimum atomic E-state index is 0.151. The number of carbonyl (C=O) groups excluding carboxylic acids is 1. The van der Waals surface area contributed by atoms with Crippen molar-refractivity contribution in [2.75, 3.05) is 32.5 Å². The molecule has 4 heteroatoms. The highest BCUT2D eigenvalue weighted by Gasteiger charge is 2.17. The van der Waals surface area contributed by atoms with Crippen molar-refractivity contribution in [3.05, 3.63) is 23.8 Å². The van der Waals surface area contributed by atoms with Gasteiger partial charge in [0, 0.05) is 18.5 Å². The smallest absolute Gasteiger partial charge is 0.164 e. The number of carbonyl (C=O) groups is 1. The first-order valence-corrected chi connectivity index (χ1v) is 7.29. The molecule has 1 aromatic carbocycles. The Morgan fingerprint density at radius 3 is 2.70 bits per heavy atom. The lowest BCUT2D eigenvalue weighted by atomic mass is 9.99. The monoisotopic (exact) mass is 276 g/mol. The zero-order chi connectivity index (χ0) is 14.5. The van der Waals surface area contributed by atoms with E-state index in [9.17, 15) is 4.79 Å². The quantitative estimate of drug-likeness (QED) is 0.663. The van der Waals surface area contributed by atoms with Crippen LogP contribution in [0.4, 0.5) is 5.69 Å². The number of ether oxygens (including phenoxy) is 1. The fourth-order valence-corrected chi connectivity index (χ4v) is 2.60. The fraction of sp³-hybridized carbons (Fsp3) is 0.562. The van der Waals surface area contributed by atoms with Gasteiger partial charge in [-0.2, -0.15) is 0 Å². The largest absolute Gasteiger partial charge is 0.495 e. The number of nitrogen functional groups attached to an aromatic ring is 1. The number of hydrogen-bond donors (Lipinski definition) is 1. The van der Waals surface area contributed by atoms with E-state index in [-0.39, 0.29) is 5.78 Å². The molecule has 0 atom stereocenters. The third-order valence-electron chi connectivity index (χ3n) is 4.08. The van der Waals surface area contributed by atoms with Crippen LogP contribution >= 0.6 is 0 Å². The lowest BCUT2D eigenvalue weighted by Crippen LogP contribution is -2.34. The van der Waals surface area contributed by atoms with E-state index >= 15 is 0 Å². The Hall–Kier alpha value is -1.55. The first-order chi connectivity index (χ1) is 9.60. The maximum Gasteiger partial charge on any atom is 0.164 e. The number of anilines is 1. The average Bonchev–Trinajstić information content (AvgIpc) is 2.46. The molecule has 20 heavy (non-hydrogen) atoms. The normalized spacial score (nSPS) is 17.1. The lowest BCUT2D eigenvalue weighted by molar-refractivity contribution is 0.0953. The maximum absolute atomic E-state index is 12.2. The highest BCUT2D eigenvalue weighted by atomic mass is 16.5. The van der Waals surface area contributed by atoms with Gasteiger partial charge in [-0.05, 0) is 50.0 Å². The van der Waals surface area contributed by atoms with Gasteiger partial charge < -0.3 is 15.4 Å². The topological polar surface area (TPSA) is 55.6 Å². The molecule has 0 bridgehead atoms. The van der Waals surface area contributed by atoms with Gasteiger partial charge in [0.05, 0.1) is 12.8 Å².